The summed E-state index contributed by atoms with van der Waals surface area (Å²) in [5.41, 5.74) is 3.98. The van der Waals surface area contributed by atoms with Crippen LogP contribution in [0.25, 0.3) is 11.1 Å². The molecule has 0 radical (unpaired) electrons. The zero-order valence-electron chi connectivity index (χ0n) is 21.8. The van der Waals surface area contributed by atoms with E-state index in [1.165, 1.54) is 6.07 Å². The maximum Gasteiger partial charge on any atom is 0.307 e. The van der Waals surface area contributed by atoms with Crippen LogP contribution in [0.2, 0.25) is 0 Å². The van der Waals surface area contributed by atoms with E-state index in [2.05, 4.69) is 20.8 Å². The van der Waals surface area contributed by atoms with Crippen LogP contribution in [-0.2, 0) is 16.8 Å². The zero-order chi connectivity index (χ0) is 26.5. The summed E-state index contributed by atoms with van der Waals surface area (Å²) in [7, 11) is 1.57. The largest absolute Gasteiger partial charge is 0.497 e. The number of methoxy groups -OCH3 is 1. The Kier molecular flexibility index (Phi) is 8.57. The summed E-state index contributed by atoms with van der Waals surface area (Å²) >= 11 is 0. The quantitative estimate of drug-likeness (QED) is 0.312. The topological polar surface area (TPSA) is 55.8 Å². The third-order valence-corrected chi connectivity index (χ3v) is 6.35. The van der Waals surface area contributed by atoms with Crippen LogP contribution in [-0.4, -0.2) is 18.2 Å². The van der Waals surface area contributed by atoms with E-state index in [-0.39, 0.29) is 17.2 Å². The van der Waals surface area contributed by atoms with Crippen LogP contribution in [0.4, 0.5) is 4.39 Å². The van der Waals surface area contributed by atoms with Gasteiger partial charge in [-0.3, -0.25) is 4.79 Å². The molecule has 3 aromatic rings. The third kappa shape index (κ3) is 6.34. The van der Waals surface area contributed by atoms with Gasteiger partial charge in [-0.05, 0) is 71.0 Å². The molecule has 0 unspecified atom stereocenters. The Labute approximate surface area is 213 Å². The van der Waals surface area contributed by atoms with Gasteiger partial charge in [0.2, 0.25) is 0 Å². The first kappa shape index (κ1) is 27.0. The Morgan fingerprint density at radius 3 is 2.25 bits per heavy atom. The van der Waals surface area contributed by atoms with E-state index in [1.54, 1.807) is 26.2 Å². The first-order valence-electron chi connectivity index (χ1n) is 12.1. The van der Waals surface area contributed by atoms with Crippen molar-refractivity contribution in [1.29, 1.82) is 0 Å². The van der Waals surface area contributed by atoms with Gasteiger partial charge >= 0.3 is 5.97 Å². The molecule has 0 aliphatic carbocycles. The van der Waals surface area contributed by atoms with Crippen LogP contribution in [0.5, 0.6) is 11.5 Å². The zero-order valence-corrected chi connectivity index (χ0v) is 21.8. The molecule has 0 fully saturated rings. The second-order valence-corrected chi connectivity index (χ2v) is 10.0. The van der Waals surface area contributed by atoms with Crippen LogP contribution in [0.15, 0.2) is 72.8 Å². The Morgan fingerprint density at radius 2 is 1.67 bits per heavy atom. The number of benzene rings is 3. The lowest BCUT2D eigenvalue weighted by Gasteiger charge is -2.24. The molecule has 0 saturated carbocycles. The fourth-order valence-electron chi connectivity index (χ4n) is 4.28. The minimum absolute atomic E-state index is 0.184. The fraction of sp³-hybridized carbons (Fsp3) is 0.323. The normalized spacial score (nSPS) is 13.4. The lowest BCUT2D eigenvalue weighted by Crippen LogP contribution is -2.17. The van der Waals surface area contributed by atoms with Gasteiger partial charge in [0.05, 0.1) is 13.0 Å². The molecule has 0 heterocycles. The number of allylic oxidation sites excluding steroid dienone is 2. The van der Waals surface area contributed by atoms with Crippen LogP contribution < -0.4 is 9.47 Å². The molecule has 3 rings (SSSR count). The predicted octanol–water partition coefficient (Wildman–Crippen LogP) is 7.76. The van der Waals surface area contributed by atoms with Crippen molar-refractivity contribution in [3.63, 3.8) is 0 Å². The third-order valence-electron chi connectivity index (χ3n) is 6.35. The van der Waals surface area contributed by atoms with Crippen LogP contribution >= 0.6 is 0 Å². The van der Waals surface area contributed by atoms with Gasteiger partial charge in [0.1, 0.15) is 23.9 Å². The summed E-state index contributed by atoms with van der Waals surface area (Å²) in [5, 5.41) is 9.44. The summed E-state index contributed by atoms with van der Waals surface area (Å²) < 4.78 is 26.2. The van der Waals surface area contributed by atoms with Crippen molar-refractivity contribution in [1.82, 2.24) is 0 Å². The molecule has 1 N–H and O–H groups in total. The van der Waals surface area contributed by atoms with Crippen molar-refractivity contribution < 1.29 is 23.8 Å². The highest BCUT2D eigenvalue weighted by atomic mass is 19.1. The van der Waals surface area contributed by atoms with Crippen molar-refractivity contribution in [3.8, 4) is 22.6 Å². The highest BCUT2D eigenvalue weighted by Gasteiger charge is 2.23. The molecule has 0 aromatic heterocycles. The Hall–Kier alpha value is -3.60. The number of halogens is 1. The molecule has 0 aliphatic rings. The van der Waals surface area contributed by atoms with Gasteiger partial charge in [-0.15, -0.1) is 0 Å². The van der Waals surface area contributed by atoms with E-state index >= 15 is 0 Å². The summed E-state index contributed by atoms with van der Waals surface area (Å²) in [6.07, 6.45) is 3.78. The molecule has 5 heteroatoms. The average molecular weight is 491 g/mol. The molecule has 36 heavy (non-hydrogen) atoms. The average Bonchev–Trinajstić information content (AvgIpc) is 2.85. The molecule has 0 saturated heterocycles. The van der Waals surface area contributed by atoms with Crippen molar-refractivity contribution in [2.45, 2.75) is 52.6 Å². The molecule has 0 bridgehead atoms. The SMILES string of the molecule is C/C=C/[C@@H](c1ccc(OCc2ccc(C(C)(C)C)c(-c3cc(OC)ccc3F)c2)cc1)[C@H](C)C(=O)O. The number of carboxylic acids is 1. The van der Waals surface area contributed by atoms with Crippen molar-refractivity contribution in [2.24, 2.45) is 5.92 Å². The molecule has 2 atom stereocenters. The smallest absolute Gasteiger partial charge is 0.307 e. The van der Waals surface area contributed by atoms with E-state index in [4.69, 9.17) is 9.47 Å². The molecular weight excluding hydrogens is 455 g/mol. The lowest BCUT2D eigenvalue weighted by molar-refractivity contribution is -0.141. The molecular formula is C31H35FO4. The summed E-state index contributed by atoms with van der Waals surface area (Å²) in [4.78, 5) is 11.5. The Bertz CT molecular complexity index is 1220. The second-order valence-electron chi connectivity index (χ2n) is 10.0. The maximum atomic E-state index is 14.9. The molecule has 0 amide bonds. The van der Waals surface area contributed by atoms with E-state index in [0.29, 0.717) is 23.7 Å². The molecule has 190 valence electrons. The number of hydrogen-bond acceptors (Lipinski definition) is 3. The van der Waals surface area contributed by atoms with Gasteiger partial charge in [-0.25, -0.2) is 4.39 Å². The van der Waals surface area contributed by atoms with E-state index in [1.807, 2.05) is 61.5 Å². The number of hydrogen-bond donors (Lipinski definition) is 1. The first-order chi connectivity index (χ1) is 17.0. The summed E-state index contributed by atoms with van der Waals surface area (Å²) in [6.45, 7) is 10.2. The van der Waals surface area contributed by atoms with Gasteiger partial charge in [0, 0.05) is 11.5 Å². The number of carbonyl (C=O) groups is 1. The van der Waals surface area contributed by atoms with E-state index in [0.717, 1.165) is 22.3 Å². The van der Waals surface area contributed by atoms with Crippen molar-refractivity contribution in [2.75, 3.05) is 7.11 Å². The van der Waals surface area contributed by atoms with Crippen LogP contribution in [0, 0.1) is 11.7 Å². The first-order valence-corrected chi connectivity index (χ1v) is 12.1. The second kappa shape index (κ2) is 11.4. The maximum absolute atomic E-state index is 14.9. The molecule has 3 aromatic carbocycles. The number of carboxylic acid groups (broad SMARTS) is 1. The summed E-state index contributed by atoms with van der Waals surface area (Å²) in [6, 6.07) is 18.3. The number of ether oxygens (including phenoxy) is 2. The lowest BCUT2D eigenvalue weighted by atomic mass is 9.81. The standard InChI is InChI=1S/C31H35FO4/c1-7-8-25(20(2)30(33)34)22-10-12-23(13-11-22)36-19-21-9-15-28(31(3,4)5)26(17-21)27-18-24(35-6)14-16-29(27)32/h7-18,20,25H,19H2,1-6H3,(H,33,34)/b8-7+/t20-,25+/m0/s1. The molecule has 0 aliphatic heterocycles. The fourth-order valence-corrected chi connectivity index (χ4v) is 4.28. The van der Waals surface area contributed by atoms with Gasteiger partial charge in [0.15, 0.2) is 0 Å². The van der Waals surface area contributed by atoms with Crippen molar-refractivity contribution >= 4 is 5.97 Å². The summed E-state index contributed by atoms with van der Waals surface area (Å²) in [5.74, 6) is -0.616. The van der Waals surface area contributed by atoms with Crippen LogP contribution in [0.1, 0.15) is 57.2 Å². The molecule has 0 spiro atoms. The highest BCUT2D eigenvalue weighted by Crippen LogP contribution is 2.37. The Morgan fingerprint density at radius 1 is 1.00 bits per heavy atom. The predicted molar refractivity (Wildman–Crippen MR) is 142 cm³/mol. The van der Waals surface area contributed by atoms with Gasteiger partial charge in [0.25, 0.3) is 0 Å². The minimum atomic E-state index is -0.833. The van der Waals surface area contributed by atoms with Gasteiger partial charge in [-0.2, -0.15) is 0 Å². The monoisotopic (exact) mass is 490 g/mol. The van der Waals surface area contributed by atoms with Gasteiger partial charge in [-0.1, -0.05) is 64.1 Å². The van der Waals surface area contributed by atoms with E-state index in [9.17, 15) is 14.3 Å². The minimum Gasteiger partial charge on any atom is -0.497 e. The number of aliphatic carboxylic acids is 1. The van der Waals surface area contributed by atoms with Crippen LogP contribution in [0.3, 0.4) is 0 Å². The van der Waals surface area contributed by atoms with Crippen molar-refractivity contribution in [3.05, 3.63) is 95.3 Å². The van der Waals surface area contributed by atoms with Gasteiger partial charge < -0.3 is 14.6 Å². The molecule has 4 nitrogen and oxygen atoms in total. The Balaban J connectivity index is 1.86. The number of rotatable bonds is 9. The highest BCUT2D eigenvalue weighted by molar-refractivity contribution is 5.72. The van der Waals surface area contributed by atoms with E-state index < -0.39 is 11.9 Å².